The van der Waals surface area contributed by atoms with Crippen molar-refractivity contribution in [3.8, 4) is 5.75 Å². The fourth-order valence-electron chi connectivity index (χ4n) is 2.97. The molecule has 1 aliphatic rings. The van der Waals surface area contributed by atoms with Gasteiger partial charge in [0.2, 0.25) is 5.91 Å². The van der Waals surface area contributed by atoms with E-state index in [9.17, 15) is 9.18 Å². The molecule has 0 N–H and O–H groups in total. The molecule has 0 spiro atoms. The molecule has 0 radical (unpaired) electrons. The van der Waals surface area contributed by atoms with Crippen molar-refractivity contribution in [3.63, 3.8) is 0 Å². The Morgan fingerprint density at radius 2 is 2.04 bits per heavy atom. The number of ether oxygens (including phenoxy) is 1. The van der Waals surface area contributed by atoms with E-state index in [2.05, 4.69) is 0 Å². The lowest BCUT2D eigenvalue weighted by Crippen LogP contribution is -2.36. The summed E-state index contributed by atoms with van der Waals surface area (Å²) in [5.41, 5.74) is 3.00. The number of halogens is 1. The van der Waals surface area contributed by atoms with Gasteiger partial charge in [0.15, 0.2) is 0 Å². The van der Waals surface area contributed by atoms with E-state index >= 15 is 0 Å². The summed E-state index contributed by atoms with van der Waals surface area (Å²) < 4.78 is 18.9. The van der Waals surface area contributed by atoms with E-state index in [1.54, 1.807) is 25.3 Å². The van der Waals surface area contributed by atoms with Crippen LogP contribution in [-0.4, -0.2) is 24.5 Å². The maximum Gasteiger partial charge on any atom is 0.223 e. The van der Waals surface area contributed by atoms with Gasteiger partial charge in [-0.05, 0) is 47.7 Å². The molecule has 1 amide bonds. The number of methoxy groups -OCH3 is 1. The third-order valence-corrected chi connectivity index (χ3v) is 4.34. The first kappa shape index (κ1) is 15.5. The number of benzene rings is 2. The molecule has 2 aromatic rings. The highest BCUT2D eigenvalue weighted by Gasteiger charge is 2.21. The van der Waals surface area contributed by atoms with E-state index in [0.29, 0.717) is 31.5 Å². The van der Waals surface area contributed by atoms with E-state index in [4.69, 9.17) is 4.74 Å². The molecular weight excluding hydrogens is 293 g/mol. The van der Waals surface area contributed by atoms with Crippen LogP contribution < -0.4 is 4.74 Å². The zero-order valence-electron chi connectivity index (χ0n) is 13.2. The van der Waals surface area contributed by atoms with Crippen LogP contribution in [0, 0.1) is 5.82 Å². The summed E-state index contributed by atoms with van der Waals surface area (Å²) in [7, 11) is 1.66. The minimum absolute atomic E-state index is 0.0784. The van der Waals surface area contributed by atoms with Gasteiger partial charge in [-0.1, -0.05) is 24.3 Å². The molecule has 4 heteroatoms. The lowest BCUT2D eigenvalue weighted by Gasteiger charge is -2.29. The largest absolute Gasteiger partial charge is 0.497 e. The van der Waals surface area contributed by atoms with E-state index in [1.807, 2.05) is 23.1 Å². The lowest BCUT2D eigenvalue weighted by atomic mass is 9.99. The zero-order valence-corrected chi connectivity index (χ0v) is 13.2. The van der Waals surface area contributed by atoms with Gasteiger partial charge in [-0.15, -0.1) is 0 Å². The number of nitrogens with zero attached hydrogens (tertiary/aromatic N) is 1. The van der Waals surface area contributed by atoms with Crippen LogP contribution in [-0.2, 0) is 24.2 Å². The molecule has 1 aliphatic heterocycles. The van der Waals surface area contributed by atoms with Gasteiger partial charge in [0.1, 0.15) is 11.6 Å². The third kappa shape index (κ3) is 3.52. The van der Waals surface area contributed by atoms with Gasteiger partial charge >= 0.3 is 0 Å². The molecule has 0 atom stereocenters. The average Bonchev–Trinajstić information content (AvgIpc) is 2.59. The smallest absolute Gasteiger partial charge is 0.223 e. The second-order valence-corrected chi connectivity index (χ2v) is 5.79. The van der Waals surface area contributed by atoms with Crippen LogP contribution in [0.3, 0.4) is 0 Å². The highest BCUT2D eigenvalue weighted by molar-refractivity contribution is 5.76. The van der Waals surface area contributed by atoms with Crippen molar-refractivity contribution in [1.29, 1.82) is 0 Å². The van der Waals surface area contributed by atoms with Crippen LogP contribution in [0.5, 0.6) is 5.75 Å². The molecule has 0 saturated carbocycles. The Morgan fingerprint density at radius 3 is 2.83 bits per heavy atom. The van der Waals surface area contributed by atoms with Crippen LogP contribution in [0.2, 0.25) is 0 Å². The summed E-state index contributed by atoms with van der Waals surface area (Å²) >= 11 is 0. The van der Waals surface area contributed by atoms with Gasteiger partial charge in [-0.3, -0.25) is 4.79 Å². The van der Waals surface area contributed by atoms with E-state index in [0.717, 1.165) is 17.7 Å². The maximum atomic E-state index is 13.6. The molecule has 0 unspecified atom stereocenters. The van der Waals surface area contributed by atoms with Crippen LogP contribution in [0.25, 0.3) is 0 Å². The number of carbonyl (C=O) groups excluding carboxylic acids is 1. The Labute approximate surface area is 135 Å². The highest BCUT2D eigenvalue weighted by atomic mass is 19.1. The Balaban J connectivity index is 1.62. The van der Waals surface area contributed by atoms with Crippen molar-refractivity contribution in [2.45, 2.75) is 25.8 Å². The zero-order chi connectivity index (χ0) is 16.2. The molecular formula is C19H20FNO2. The number of aryl methyl sites for hydroxylation is 1. The van der Waals surface area contributed by atoms with E-state index < -0.39 is 0 Å². The predicted molar refractivity (Wildman–Crippen MR) is 86.8 cm³/mol. The average molecular weight is 313 g/mol. The summed E-state index contributed by atoms with van der Waals surface area (Å²) in [5.74, 6) is 0.689. The molecule has 1 heterocycles. The van der Waals surface area contributed by atoms with Crippen LogP contribution >= 0.6 is 0 Å². The predicted octanol–water partition coefficient (Wildman–Crippen LogP) is 3.35. The van der Waals surface area contributed by atoms with Gasteiger partial charge in [-0.25, -0.2) is 4.39 Å². The van der Waals surface area contributed by atoms with Crippen LogP contribution in [0.1, 0.15) is 23.1 Å². The number of rotatable bonds is 4. The van der Waals surface area contributed by atoms with Crippen LogP contribution in [0.15, 0.2) is 42.5 Å². The summed E-state index contributed by atoms with van der Waals surface area (Å²) in [6.07, 6.45) is 1.61. The monoisotopic (exact) mass is 313 g/mol. The number of fused-ring (bicyclic) bond motifs is 1. The summed E-state index contributed by atoms with van der Waals surface area (Å²) in [4.78, 5) is 14.3. The van der Waals surface area contributed by atoms with E-state index in [-0.39, 0.29) is 11.7 Å². The molecule has 0 aromatic heterocycles. The maximum absolute atomic E-state index is 13.6. The molecule has 120 valence electrons. The van der Waals surface area contributed by atoms with Gasteiger partial charge in [0.05, 0.1) is 7.11 Å². The summed E-state index contributed by atoms with van der Waals surface area (Å²) in [6.45, 7) is 1.33. The van der Waals surface area contributed by atoms with Crippen molar-refractivity contribution >= 4 is 5.91 Å². The molecule has 0 saturated heterocycles. The number of amides is 1. The minimum Gasteiger partial charge on any atom is -0.497 e. The van der Waals surface area contributed by atoms with Gasteiger partial charge in [0.25, 0.3) is 0 Å². The molecule has 0 aliphatic carbocycles. The minimum atomic E-state index is -0.239. The second kappa shape index (κ2) is 6.82. The number of hydrogen-bond donors (Lipinski definition) is 0. The normalized spacial score (nSPS) is 13.6. The van der Waals surface area contributed by atoms with Crippen molar-refractivity contribution in [2.75, 3.05) is 13.7 Å². The van der Waals surface area contributed by atoms with Gasteiger partial charge in [-0.2, -0.15) is 0 Å². The lowest BCUT2D eigenvalue weighted by molar-refractivity contribution is -0.132. The fraction of sp³-hybridized carbons (Fsp3) is 0.316. The summed E-state index contributed by atoms with van der Waals surface area (Å²) in [5, 5.41) is 0. The van der Waals surface area contributed by atoms with Gasteiger partial charge in [0, 0.05) is 19.5 Å². The number of carbonyl (C=O) groups is 1. The SMILES string of the molecule is COc1ccc2c(c1)CCN(C(=O)CCc1ccccc1F)C2. The third-order valence-electron chi connectivity index (χ3n) is 4.34. The molecule has 3 rings (SSSR count). The Hall–Kier alpha value is -2.36. The Kier molecular flexibility index (Phi) is 4.60. The van der Waals surface area contributed by atoms with Crippen LogP contribution in [0.4, 0.5) is 4.39 Å². The second-order valence-electron chi connectivity index (χ2n) is 5.79. The molecule has 2 aromatic carbocycles. The fourth-order valence-corrected chi connectivity index (χ4v) is 2.97. The molecule has 3 nitrogen and oxygen atoms in total. The van der Waals surface area contributed by atoms with Crippen molar-refractivity contribution in [3.05, 3.63) is 65.0 Å². The Morgan fingerprint density at radius 1 is 1.22 bits per heavy atom. The van der Waals surface area contributed by atoms with Crippen molar-refractivity contribution < 1.29 is 13.9 Å². The van der Waals surface area contributed by atoms with Crippen molar-refractivity contribution in [2.24, 2.45) is 0 Å². The van der Waals surface area contributed by atoms with Crippen molar-refractivity contribution in [1.82, 2.24) is 4.90 Å². The first-order valence-corrected chi connectivity index (χ1v) is 7.84. The highest BCUT2D eigenvalue weighted by Crippen LogP contribution is 2.24. The topological polar surface area (TPSA) is 29.5 Å². The molecule has 0 bridgehead atoms. The standard InChI is InChI=1S/C19H20FNO2/c1-23-17-8-6-16-13-21(11-10-15(16)12-17)19(22)9-7-14-4-2-3-5-18(14)20/h2-6,8,12H,7,9-11,13H2,1H3. The first-order chi connectivity index (χ1) is 11.2. The van der Waals surface area contributed by atoms with Gasteiger partial charge < -0.3 is 9.64 Å². The molecule has 23 heavy (non-hydrogen) atoms. The number of hydrogen-bond acceptors (Lipinski definition) is 2. The summed E-state index contributed by atoms with van der Waals surface area (Å²) in [6, 6.07) is 12.6. The quantitative estimate of drug-likeness (QED) is 0.866. The van der Waals surface area contributed by atoms with E-state index in [1.165, 1.54) is 11.6 Å². The Bertz CT molecular complexity index is 714. The molecule has 0 fully saturated rings. The first-order valence-electron chi connectivity index (χ1n) is 7.84.